The largest absolute Gasteiger partial charge is 0.329 e. The SMILES string of the molecule is Cc1ccc(C(=O)N(Cc2nccn2Cc2c(C)cc(C)cc2C)C2CCCCC2)cc1. The Kier molecular flexibility index (Phi) is 6.78. The third-order valence-corrected chi connectivity index (χ3v) is 6.86. The summed E-state index contributed by atoms with van der Waals surface area (Å²) in [7, 11) is 0. The number of benzene rings is 2. The normalized spacial score (nSPS) is 14.5. The minimum atomic E-state index is 0.120. The number of carbonyl (C=O) groups excluding carboxylic acids is 1. The molecule has 0 spiro atoms. The molecule has 0 aliphatic heterocycles. The van der Waals surface area contributed by atoms with Crippen molar-refractivity contribution in [3.8, 4) is 0 Å². The number of hydrogen-bond donors (Lipinski definition) is 0. The number of hydrogen-bond acceptors (Lipinski definition) is 2. The van der Waals surface area contributed by atoms with Crippen molar-refractivity contribution < 1.29 is 4.79 Å². The first-order valence-corrected chi connectivity index (χ1v) is 11.9. The van der Waals surface area contributed by atoms with Crippen LogP contribution in [0.25, 0.3) is 0 Å². The van der Waals surface area contributed by atoms with Crippen molar-refractivity contribution in [3.05, 3.63) is 88.0 Å². The van der Waals surface area contributed by atoms with E-state index in [0.29, 0.717) is 6.54 Å². The van der Waals surface area contributed by atoms with Crippen LogP contribution in [-0.2, 0) is 13.1 Å². The van der Waals surface area contributed by atoms with Crippen LogP contribution in [0.5, 0.6) is 0 Å². The molecule has 1 saturated carbocycles. The van der Waals surface area contributed by atoms with Gasteiger partial charge in [-0.05, 0) is 69.4 Å². The van der Waals surface area contributed by atoms with Crippen molar-refractivity contribution in [1.82, 2.24) is 14.5 Å². The molecule has 1 fully saturated rings. The third kappa shape index (κ3) is 4.95. The molecule has 1 aliphatic rings. The molecule has 0 N–H and O–H groups in total. The summed E-state index contributed by atoms with van der Waals surface area (Å²) in [5.74, 6) is 1.07. The zero-order chi connectivity index (χ0) is 22.7. The Morgan fingerprint density at radius 1 is 0.969 bits per heavy atom. The van der Waals surface area contributed by atoms with Gasteiger partial charge in [0, 0.05) is 30.5 Å². The molecule has 2 aromatic carbocycles. The number of rotatable bonds is 6. The molecule has 4 nitrogen and oxygen atoms in total. The Labute approximate surface area is 192 Å². The lowest BCUT2D eigenvalue weighted by molar-refractivity contribution is 0.0605. The molecular weight excluding hydrogens is 394 g/mol. The number of imidazole rings is 1. The zero-order valence-electron chi connectivity index (χ0n) is 19.9. The molecule has 0 radical (unpaired) electrons. The van der Waals surface area contributed by atoms with E-state index >= 15 is 0 Å². The highest BCUT2D eigenvalue weighted by Gasteiger charge is 2.27. The Morgan fingerprint density at radius 3 is 2.28 bits per heavy atom. The van der Waals surface area contributed by atoms with Crippen LogP contribution in [0.4, 0.5) is 0 Å². The fraction of sp³-hybridized carbons (Fsp3) is 0.429. The van der Waals surface area contributed by atoms with E-state index in [2.05, 4.69) is 54.3 Å². The van der Waals surface area contributed by atoms with Crippen LogP contribution in [0, 0.1) is 27.7 Å². The molecule has 1 amide bonds. The molecule has 32 heavy (non-hydrogen) atoms. The first-order chi connectivity index (χ1) is 15.4. The first-order valence-electron chi connectivity index (χ1n) is 11.9. The van der Waals surface area contributed by atoms with Crippen LogP contribution in [0.2, 0.25) is 0 Å². The Morgan fingerprint density at radius 2 is 1.62 bits per heavy atom. The van der Waals surface area contributed by atoms with E-state index in [1.54, 1.807) is 0 Å². The Hall–Kier alpha value is -2.88. The fourth-order valence-corrected chi connectivity index (χ4v) is 5.04. The van der Waals surface area contributed by atoms with Crippen LogP contribution in [0.1, 0.15) is 76.1 Å². The molecule has 0 bridgehead atoms. The van der Waals surface area contributed by atoms with Gasteiger partial charge in [-0.1, -0.05) is 54.7 Å². The zero-order valence-corrected chi connectivity index (χ0v) is 19.9. The van der Waals surface area contributed by atoms with Gasteiger partial charge in [0.2, 0.25) is 0 Å². The topological polar surface area (TPSA) is 38.1 Å². The van der Waals surface area contributed by atoms with Crippen LogP contribution in [0.3, 0.4) is 0 Å². The number of amides is 1. The summed E-state index contributed by atoms with van der Waals surface area (Å²) in [6.07, 6.45) is 9.72. The molecular formula is C28H35N3O. The van der Waals surface area contributed by atoms with Gasteiger partial charge in [0.1, 0.15) is 5.82 Å². The second-order valence-electron chi connectivity index (χ2n) is 9.44. The molecule has 4 heteroatoms. The van der Waals surface area contributed by atoms with Gasteiger partial charge in [-0.3, -0.25) is 4.79 Å². The predicted molar refractivity (Wildman–Crippen MR) is 130 cm³/mol. The first kappa shape index (κ1) is 22.3. The minimum absolute atomic E-state index is 0.120. The predicted octanol–water partition coefficient (Wildman–Crippen LogP) is 6.14. The lowest BCUT2D eigenvalue weighted by Gasteiger charge is -2.34. The molecule has 1 aliphatic carbocycles. The number of aryl methyl sites for hydroxylation is 4. The van der Waals surface area contributed by atoms with Crippen LogP contribution in [-0.4, -0.2) is 26.4 Å². The standard InChI is InChI=1S/C28H35N3O/c1-20-10-12-24(13-11-20)28(32)31(25-8-6-5-7-9-25)19-27-29-14-15-30(27)18-26-22(3)16-21(2)17-23(26)4/h10-17,25H,5-9,18-19H2,1-4H3. The average Bonchev–Trinajstić information content (AvgIpc) is 3.22. The van der Waals surface area contributed by atoms with E-state index in [4.69, 9.17) is 0 Å². The lowest BCUT2D eigenvalue weighted by Crippen LogP contribution is -2.41. The average molecular weight is 430 g/mol. The van der Waals surface area contributed by atoms with Gasteiger partial charge in [-0.25, -0.2) is 4.98 Å². The molecule has 168 valence electrons. The highest BCUT2D eigenvalue weighted by atomic mass is 16.2. The van der Waals surface area contributed by atoms with Gasteiger partial charge in [-0.15, -0.1) is 0 Å². The van der Waals surface area contributed by atoms with E-state index in [1.165, 1.54) is 47.1 Å². The summed E-state index contributed by atoms with van der Waals surface area (Å²) in [6, 6.07) is 12.7. The molecule has 4 rings (SSSR count). The molecule has 1 aromatic heterocycles. The van der Waals surface area contributed by atoms with Gasteiger partial charge < -0.3 is 9.47 Å². The van der Waals surface area contributed by atoms with Crippen LogP contribution >= 0.6 is 0 Å². The second-order valence-corrected chi connectivity index (χ2v) is 9.44. The van der Waals surface area contributed by atoms with E-state index in [1.807, 2.05) is 36.7 Å². The molecule has 0 saturated heterocycles. The maximum atomic E-state index is 13.6. The van der Waals surface area contributed by atoms with Gasteiger partial charge in [-0.2, -0.15) is 0 Å². The highest BCUT2D eigenvalue weighted by Crippen LogP contribution is 2.26. The lowest BCUT2D eigenvalue weighted by atomic mass is 9.93. The molecule has 1 heterocycles. The summed E-state index contributed by atoms with van der Waals surface area (Å²) in [5.41, 5.74) is 7.18. The Bertz CT molecular complexity index is 1050. The van der Waals surface area contributed by atoms with Crippen LogP contribution in [0.15, 0.2) is 48.8 Å². The van der Waals surface area contributed by atoms with Gasteiger partial charge >= 0.3 is 0 Å². The van der Waals surface area contributed by atoms with Crippen LogP contribution < -0.4 is 0 Å². The quantitative estimate of drug-likeness (QED) is 0.472. The fourth-order valence-electron chi connectivity index (χ4n) is 5.04. The summed E-state index contributed by atoms with van der Waals surface area (Å²) < 4.78 is 2.21. The van der Waals surface area contributed by atoms with Crippen molar-refractivity contribution >= 4 is 5.91 Å². The Balaban J connectivity index is 1.61. The molecule has 0 unspecified atom stereocenters. The van der Waals surface area contributed by atoms with Crippen molar-refractivity contribution in [2.75, 3.05) is 0 Å². The number of carbonyl (C=O) groups is 1. The molecule has 0 atom stereocenters. The van der Waals surface area contributed by atoms with E-state index < -0.39 is 0 Å². The van der Waals surface area contributed by atoms with Crippen molar-refractivity contribution in [2.45, 2.75) is 78.9 Å². The smallest absolute Gasteiger partial charge is 0.254 e. The van der Waals surface area contributed by atoms with Crippen molar-refractivity contribution in [2.24, 2.45) is 0 Å². The third-order valence-electron chi connectivity index (χ3n) is 6.86. The molecule has 3 aromatic rings. The maximum Gasteiger partial charge on any atom is 0.254 e. The van der Waals surface area contributed by atoms with E-state index in [9.17, 15) is 4.79 Å². The minimum Gasteiger partial charge on any atom is -0.329 e. The summed E-state index contributed by atoms with van der Waals surface area (Å²) in [5, 5.41) is 0. The summed E-state index contributed by atoms with van der Waals surface area (Å²) in [6.45, 7) is 9.89. The second kappa shape index (κ2) is 9.72. The highest BCUT2D eigenvalue weighted by molar-refractivity contribution is 5.94. The number of aromatic nitrogens is 2. The monoisotopic (exact) mass is 429 g/mol. The summed E-state index contributed by atoms with van der Waals surface area (Å²) >= 11 is 0. The maximum absolute atomic E-state index is 13.6. The van der Waals surface area contributed by atoms with E-state index in [0.717, 1.165) is 30.8 Å². The van der Waals surface area contributed by atoms with Crippen molar-refractivity contribution in [1.29, 1.82) is 0 Å². The number of nitrogens with zero attached hydrogens (tertiary/aromatic N) is 3. The van der Waals surface area contributed by atoms with Gasteiger partial charge in [0.05, 0.1) is 6.54 Å². The summed E-state index contributed by atoms with van der Waals surface area (Å²) in [4.78, 5) is 20.3. The van der Waals surface area contributed by atoms with Crippen molar-refractivity contribution in [3.63, 3.8) is 0 Å². The van der Waals surface area contributed by atoms with Gasteiger partial charge in [0.25, 0.3) is 5.91 Å². The van der Waals surface area contributed by atoms with Gasteiger partial charge in [0.15, 0.2) is 0 Å². The van der Waals surface area contributed by atoms with E-state index in [-0.39, 0.29) is 11.9 Å².